The van der Waals surface area contributed by atoms with Crippen molar-refractivity contribution in [1.29, 1.82) is 0 Å². The number of ether oxygens (including phenoxy) is 1. The van der Waals surface area contributed by atoms with Gasteiger partial charge in [-0.15, -0.1) is 6.58 Å². The summed E-state index contributed by atoms with van der Waals surface area (Å²) in [6.45, 7) is 6.03. The third-order valence-corrected chi connectivity index (χ3v) is 2.36. The van der Waals surface area contributed by atoms with Gasteiger partial charge in [-0.25, -0.2) is 4.39 Å². The number of hydrogen-bond donors (Lipinski definition) is 1. The molecule has 3 heteroatoms. The summed E-state index contributed by atoms with van der Waals surface area (Å²) in [5.41, 5.74) is 6.56. The van der Waals surface area contributed by atoms with E-state index in [4.69, 9.17) is 10.5 Å². The van der Waals surface area contributed by atoms with Gasteiger partial charge in [-0.1, -0.05) is 12.1 Å². The normalized spacial score (nSPS) is 12.2. The molecule has 0 fully saturated rings. The third-order valence-electron chi connectivity index (χ3n) is 2.36. The van der Waals surface area contributed by atoms with E-state index in [1.165, 1.54) is 6.07 Å². The van der Waals surface area contributed by atoms with Gasteiger partial charge in [0.15, 0.2) is 11.6 Å². The Morgan fingerprint density at radius 3 is 2.88 bits per heavy atom. The molecule has 2 nitrogen and oxygen atoms in total. The number of hydrogen-bond acceptors (Lipinski definition) is 2. The first-order chi connectivity index (χ1) is 8.13. The summed E-state index contributed by atoms with van der Waals surface area (Å²) in [5.74, 6) is -0.00996. The van der Waals surface area contributed by atoms with Gasteiger partial charge in [0.2, 0.25) is 0 Å². The van der Waals surface area contributed by atoms with Gasteiger partial charge < -0.3 is 10.5 Å². The quantitative estimate of drug-likeness (QED) is 0.584. The maximum Gasteiger partial charge on any atom is 0.165 e. The van der Waals surface area contributed by atoms with Gasteiger partial charge in [-0.2, -0.15) is 0 Å². The molecule has 1 rings (SSSR count). The molecule has 1 aromatic rings. The van der Waals surface area contributed by atoms with Gasteiger partial charge in [0, 0.05) is 6.04 Å². The fraction of sp³-hybridized carbons (Fsp3) is 0.429. The van der Waals surface area contributed by atoms with Crippen LogP contribution in [0.25, 0.3) is 0 Å². The van der Waals surface area contributed by atoms with Crippen molar-refractivity contribution in [2.24, 2.45) is 5.73 Å². The molecule has 0 heterocycles. The van der Waals surface area contributed by atoms with E-state index < -0.39 is 0 Å². The zero-order valence-electron chi connectivity index (χ0n) is 10.3. The van der Waals surface area contributed by atoms with Crippen LogP contribution in [0, 0.1) is 5.82 Å². The van der Waals surface area contributed by atoms with Gasteiger partial charge in [-0.05, 0) is 43.9 Å². The summed E-state index contributed by atoms with van der Waals surface area (Å²) in [7, 11) is 0. The van der Waals surface area contributed by atoms with Crippen molar-refractivity contribution in [3.05, 3.63) is 42.2 Å². The number of nitrogens with two attached hydrogens (primary N) is 1. The van der Waals surface area contributed by atoms with Crippen molar-refractivity contribution in [2.45, 2.75) is 32.2 Å². The Kier molecular flexibility index (Phi) is 5.70. The van der Waals surface area contributed by atoms with Crippen molar-refractivity contribution in [1.82, 2.24) is 0 Å². The van der Waals surface area contributed by atoms with Crippen LogP contribution in [0.4, 0.5) is 4.39 Å². The van der Waals surface area contributed by atoms with Gasteiger partial charge in [0.05, 0.1) is 6.61 Å². The molecule has 1 aromatic carbocycles. The van der Waals surface area contributed by atoms with Crippen molar-refractivity contribution in [3.8, 4) is 5.75 Å². The van der Waals surface area contributed by atoms with Gasteiger partial charge in [0.25, 0.3) is 0 Å². The second kappa shape index (κ2) is 7.07. The molecule has 0 radical (unpaired) electrons. The molecule has 1 atom stereocenters. The van der Waals surface area contributed by atoms with Gasteiger partial charge >= 0.3 is 0 Å². The highest BCUT2D eigenvalue weighted by Gasteiger charge is 2.05. The smallest absolute Gasteiger partial charge is 0.165 e. The fourth-order valence-electron chi connectivity index (χ4n) is 1.57. The zero-order chi connectivity index (χ0) is 12.7. The molecular formula is C14H20FNO. The predicted molar refractivity (Wildman–Crippen MR) is 68.7 cm³/mol. The molecule has 0 aliphatic carbocycles. The highest BCUT2D eigenvalue weighted by atomic mass is 19.1. The number of benzene rings is 1. The van der Waals surface area contributed by atoms with Crippen molar-refractivity contribution in [2.75, 3.05) is 6.61 Å². The SMILES string of the molecule is C=CCCCOc1ccc(CC(C)N)cc1F. The standard InChI is InChI=1S/C14H20FNO/c1-3-4-5-8-17-14-7-6-12(9-11(2)16)10-13(14)15/h3,6-7,10-11H,1,4-5,8-9,16H2,2H3. The molecular weight excluding hydrogens is 217 g/mol. The lowest BCUT2D eigenvalue weighted by Gasteiger charge is -2.09. The highest BCUT2D eigenvalue weighted by Crippen LogP contribution is 2.19. The second-order valence-corrected chi connectivity index (χ2v) is 4.23. The zero-order valence-corrected chi connectivity index (χ0v) is 10.3. The average Bonchev–Trinajstić information content (AvgIpc) is 2.26. The topological polar surface area (TPSA) is 35.2 Å². The molecule has 0 amide bonds. The first-order valence-electron chi connectivity index (χ1n) is 5.91. The van der Waals surface area contributed by atoms with E-state index in [-0.39, 0.29) is 11.9 Å². The lowest BCUT2D eigenvalue weighted by atomic mass is 10.1. The molecule has 0 aliphatic heterocycles. The summed E-state index contributed by atoms with van der Waals surface area (Å²) < 4.78 is 19.0. The summed E-state index contributed by atoms with van der Waals surface area (Å²) in [6, 6.07) is 5.05. The molecule has 1 unspecified atom stereocenters. The lowest BCUT2D eigenvalue weighted by molar-refractivity contribution is 0.296. The fourth-order valence-corrected chi connectivity index (χ4v) is 1.57. The number of rotatable bonds is 7. The minimum atomic E-state index is -0.318. The summed E-state index contributed by atoms with van der Waals surface area (Å²) in [6.07, 6.45) is 4.23. The van der Waals surface area contributed by atoms with Crippen LogP contribution in [0.1, 0.15) is 25.3 Å². The minimum absolute atomic E-state index is 0.0359. The van der Waals surface area contributed by atoms with Crippen LogP contribution in [0.3, 0.4) is 0 Å². The monoisotopic (exact) mass is 237 g/mol. The molecule has 0 aliphatic rings. The predicted octanol–water partition coefficient (Wildman–Crippen LogP) is 3.06. The molecule has 94 valence electrons. The lowest BCUT2D eigenvalue weighted by Crippen LogP contribution is -2.17. The number of halogens is 1. The van der Waals surface area contributed by atoms with Crippen LogP contribution >= 0.6 is 0 Å². The Bertz CT molecular complexity index is 363. The highest BCUT2D eigenvalue weighted by molar-refractivity contribution is 5.29. The van der Waals surface area contributed by atoms with Crippen molar-refractivity contribution in [3.63, 3.8) is 0 Å². The van der Waals surface area contributed by atoms with E-state index in [9.17, 15) is 4.39 Å². The first kappa shape index (κ1) is 13.7. The van der Waals surface area contributed by atoms with Crippen LogP contribution in [0.5, 0.6) is 5.75 Å². The maximum atomic E-state index is 13.6. The second-order valence-electron chi connectivity index (χ2n) is 4.23. The van der Waals surface area contributed by atoms with Crippen LogP contribution in [0.15, 0.2) is 30.9 Å². The molecule has 0 spiro atoms. The largest absolute Gasteiger partial charge is 0.491 e. The number of allylic oxidation sites excluding steroid dienone is 1. The first-order valence-corrected chi connectivity index (χ1v) is 5.91. The Balaban J connectivity index is 2.53. The van der Waals surface area contributed by atoms with Gasteiger partial charge in [-0.3, -0.25) is 0 Å². The Hall–Kier alpha value is -1.35. The van der Waals surface area contributed by atoms with Gasteiger partial charge in [0.1, 0.15) is 0 Å². The average molecular weight is 237 g/mol. The van der Waals surface area contributed by atoms with Crippen LogP contribution in [-0.2, 0) is 6.42 Å². The molecule has 2 N–H and O–H groups in total. The summed E-state index contributed by atoms with van der Waals surface area (Å²) in [4.78, 5) is 0. The molecule has 0 saturated carbocycles. The molecule has 0 saturated heterocycles. The molecule has 0 aromatic heterocycles. The van der Waals surface area contributed by atoms with E-state index in [1.807, 2.05) is 19.1 Å². The Morgan fingerprint density at radius 2 is 2.29 bits per heavy atom. The molecule has 17 heavy (non-hydrogen) atoms. The van der Waals surface area contributed by atoms with Crippen LogP contribution in [0.2, 0.25) is 0 Å². The van der Waals surface area contributed by atoms with Crippen LogP contribution in [-0.4, -0.2) is 12.6 Å². The van der Waals surface area contributed by atoms with E-state index in [1.54, 1.807) is 6.07 Å². The summed E-state index contributed by atoms with van der Waals surface area (Å²) in [5, 5.41) is 0. The van der Waals surface area contributed by atoms with Crippen LogP contribution < -0.4 is 10.5 Å². The number of unbranched alkanes of at least 4 members (excludes halogenated alkanes) is 1. The maximum absolute atomic E-state index is 13.6. The van der Waals surface area contributed by atoms with E-state index in [2.05, 4.69) is 6.58 Å². The Labute approximate surface area is 102 Å². The summed E-state index contributed by atoms with van der Waals surface area (Å²) >= 11 is 0. The van der Waals surface area contributed by atoms with Crippen molar-refractivity contribution < 1.29 is 9.13 Å². The van der Waals surface area contributed by atoms with E-state index in [0.717, 1.165) is 18.4 Å². The van der Waals surface area contributed by atoms with E-state index in [0.29, 0.717) is 18.8 Å². The minimum Gasteiger partial charge on any atom is -0.491 e. The van der Waals surface area contributed by atoms with Crippen molar-refractivity contribution >= 4 is 0 Å². The Morgan fingerprint density at radius 1 is 1.53 bits per heavy atom. The van der Waals surface area contributed by atoms with E-state index >= 15 is 0 Å². The molecule has 0 bridgehead atoms. The third kappa shape index (κ3) is 5.00.